The Morgan fingerprint density at radius 3 is 2.70 bits per heavy atom. The number of urea groups is 1. The molecule has 0 radical (unpaired) electrons. The van der Waals surface area contributed by atoms with Crippen LogP contribution in [0.15, 0.2) is 18.2 Å². The van der Waals surface area contributed by atoms with Crippen molar-refractivity contribution in [2.24, 2.45) is 11.3 Å². The van der Waals surface area contributed by atoms with Crippen molar-refractivity contribution in [3.63, 3.8) is 0 Å². The predicted octanol–water partition coefficient (Wildman–Crippen LogP) is 3.04. The van der Waals surface area contributed by atoms with Crippen LogP contribution in [0.25, 0.3) is 0 Å². The fourth-order valence-corrected chi connectivity index (χ4v) is 4.33. The molecule has 27 heavy (non-hydrogen) atoms. The number of nitrogens with zero attached hydrogens (tertiary/aromatic N) is 2. The molecule has 1 aromatic rings. The topological polar surface area (TPSA) is 61.9 Å². The van der Waals surface area contributed by atoms with Gasteiger partial charge in [0.1, 0.15) is 0 Å². The number of fused-ring (bicyclic) bond motifs is 1. The van der Waals surface area contributed by atoms with Crippen LogP contribution in [0.4, 0.5) is 10.5 Å². The first-order chi connectivity index (χ1) is 12.8. The Balaban J connectivity index is 1.74. The molecule has 2 saturated heterocycles. The van der Waals surface area contributed by atoms with Crippen molar-refractivity contribution in [2.75, 3.05) is 44.7 Å². The van der Waals surface area contributed by atoms with Crippen molar-refractivity contribution in [1.82, 2.24) is 9.80 Å². The first-order valence-electron chi connectivity index (χ1n) is 9.81. The van der Waals surface area contributed by atoms with Gasteiger partial charge in [0.15, 0.2) is 0 Å². The number of hydrogen-bond donors (Lipinski definition) is 1. The molecular formula is C21H31N3O3. The standard InChI is InChI=1S/C21H31N3O3/c1-5-27-14-21-8-9-23(17(4)25)11-18(21)12-24(13-21)20(26)22-19-10-15(2)6-7-16(19)3/h6-7,10,18H,5,8-9,11-14H2,1-4H3,(H,22,26)/t18-,21+/m1/s1. The number of amides is 3. The first kappa shape index (κ1) is 19.7. The Bertz CT molecular complexity index is 721. The summed E-state index contributed by atoms with van der Waals surface area (Å²) in [5, 5.41) is 3.08. The van der Waals surface area contributed by atoms with Gasteiger partial charge in [-0.25, -0.2) is 4.79 Å². The summed E-state index contributed by atoms with van der Waals surface area (Å²) in [6.45, 7) is 11.7. The van der Waals surface area contributed by atoms with E-state index in [1.165, 1.54) is 0 Å². The van der Waals surface area contributed by atoms with Crippen LogP contribution in [0, 0.1) is 25.2 Å². The molecule has 0 saturated carbocycles. The largest absolute Gasteiger partial charge is 0.381 e. The third-order valence-electron chi connectivity index (χ3n) is 6.09. The van der Waals surface area contributed by atoms with E-state index >= 15 is 0 Å². The van der Waals surface area contributed by atoms with Crippen molar-refractivity contribution >= 4 is 17.6 Å². The lowest BCUT2D eigenvalue weighted by atomic mass is 9.73. The lowest BCUT2D eigenvalue weighted by Gasteiger charge is -2.42. The second kappa shape index (κ2) is 7.89. The number of anilines is 1. The quantitative estimate of drug-likeness (QED) is 0.882. The van der Waals surface area contributed by atoms with Crippen molar-refractivity contribution < 1.29 is 14.3 Å². The molecule has 0 spiro atoms. The van der Waals surface area contributed by atoms with Crippen LogP contribution in [0.2, 0.25) is 0 Å². The molecule has 1 aromatic carbocycles. The number of piperidine rings is 1. The monoisotopic (exact) mass is 373 g/mol. The molecule has 1 N–H and O–H groups in total. The van der Waals surface area contributed by atoms with E-state index in [2.05, 4.69) is 5.32 Å². The van der Waals surface area contributed by atoms with E-state index in [1.54, 1.807) is 6.92 Å². The van der Waals surface area contributed by atoms with Gasteiger partial charge in [-0.15, -0.1) is 0 Å². The molecule has 148 valence electrons. The smallest absolute Gasteiger partial charge is 0.321 e. The van der Waals surface area contributed by atoms with E-state index in [4.69, 9.17) is 4.74 Å². The summed E-state index contributed by atoms with van der Waals surface area (Å²) in [6, 6.07) is 6.01. The Hall–Kier alpha value is -2.08. The van der Waals surface area contributed by atoms with Crippen LogP contribution >= 0.6 is 0 Å². The van der Waals surface area contributed by atoms with Gasteiger partial charge in [-0.05, 0) is 44.4 Å². The summed E-state index contributed by atoms with van der Waals surface area (Å²) < 4.78 is 5.79. The summed E-state index contributed by atoms with van der Waals surface area (Å²) in [5.74, 6) is 0.365. The highest BCUT2D eigenvalue weighted by Gasteiger charge is 2.51. The summed E-state index contributed by atoms with van der Waals surface area (Å²) in [6.07, 6.45) is 0.879. The van der Waals surface area contributed by atoms with Gasteiger partial charge in [-0.2, -0.15) is 0 Å². The van der Waals surface area contributed by atoms with E-state index in [1.807, 2.05) is 48.8 Å². The maximum absolute atomic E-state index is 12.9. The lowest BCUT2D eigenvalue weighted by Crippen LogP contribution is -2.50. The molecule has 3 amide bonds. The van der Waals surface area contributed by atoms with Gasteiger partial charge in [0.25, 0.3) is 0 Å². The normalized spacial score (nSPS) is 24.7. The number of rotatable bonds is 4. The highest BCUT2D eigenvalue weighted by Crippen LogP contribution is 2.43. The van der Waals surface area contributed by atoms with E-state index in [9.17, 15) is 9.59 Å². The highest BCUT2D eigenvalue weighted by molar-refractivity contribution is 5.90. The van der Waals surface area contributed by atoms with Gasteiger partial charge in [-0.1, -0.05) is 12.1 Å². The third kappa shape index (κ3) is 4.10. The number of carbonyl (C=O) groups is 2. The Morgan fingerprint density at radius 2 is 2.00 bits per heavy atom. The maximum atomic E-state index is 12.9. The highest BCUT2D eigenvalue weighted by atomic mass is 16.5. The van der Waals surface area contributed by atoms with Crippen LogP contribution < -0.4 is 5.32 Å². The van der Waals surface area contributed by atoms with Crippen LogP contribution in [-0.2, 0) is 9.53 Å². The van der Waals surface area contributed by atoms with Gasteiger partial charge < -0.3 is 19.9 Å². The molecule has 0 bridgehead atoms. The molecule has 2 atom stereocenters. The Labute approximate surface area is 161 Å². The minimum atomic E-state index is -0.0663. The molecule has 0 aliphatic carbocycles. The van der Waals surface area contributed by atoms with Crippen LogP contribution in [0.3, 0.4) is 0 Å². The fraction of sp³-hybridized carbons (Fsp3) is 0.619. The number of benzene rings is 1. The van der Waals surface area contributed by atoms with E-state index in [0.717, 1.165) is 29.8 Å². The van der Waals surface area contributed by atoms with E-state index < -0.39 is 0 Å². The molecule has 6 nitrogen and oxygen atoms in total. The van der Waals surface area contributed by atoms with Crippen LogP contribution in [0.1, 0.15) is 31.4 Å². The number of nitrogens with one attached hydrogen (secondary N) is 1. The number of hydrogen-bond acceptors (Lipinski definition) is 3. The van der Waals surface area contributed by atoms with Crippen LogP contribution in [0.5, 0.6) is 0 Å². The van der Waals surface area contributed by atoms with E-state index in [0.29, 0.717) is 32.8 Å². The second-order valence-corrected chi connectivity index (χ2v) is 8.04. The average molecular weight is 373 g/mol. The van der Waals surface area contributed by atoms with Gasteiger partial charge in [0.05, 0.1) is 6.61 Å². The summed E-state index contributed by atoms with van der Waals surface area (Å²) in [4.78, 5) is 28.6. The molecule has 0 unspecified atom stereocenters. The van der Waals surface area contributed by atoms with Crippen molar-refractivity contribution in [1.29, 1.82) is 0 Å². The molecule has 2 heterocycles. The van der Waals surface area contributed by atoms with E-state index in [-0.39, 0.29) is 23.3 Å². The van der Waals surface area contributed by atoms with Gasteiger partial charge in [0, 0.05) is 56.7 Å². The predicted molar refractivity (Wildman–Crippen MR) is 106 cm³/mol. The van der Waals surface area contributed by atoms with Crippen molar-refractivity contribution in [2.45, 2.75) is 34.1 Å². The Morgan fingerprint density at radius 1 is 1.26 bits per heavy atom. The summed E-state index contributed by atoms with van der Waals surface area (Å²) in [7, 11) is 0. The average Bonchev–Trinajstić information content (AvgIpc) is 3.02. The zero-order valence-electron chi connectivity index (χ0n) is 16.9. The van der Waals surface area contributed by atoms with Gasteiger partial charge >= 0.3 is 6.03 Å². The molecule has 6 heteroatoms. The Kier molecular flexibility index (Phi) is 5.75. The number of aryl methyl sites for hydroxylation is 2. The van der Waals surface area contributed by atoms with Gasteiger partial charge in [0.2, 0.25) is 5.91 Å². The molecule has 2 fully saturated rings. The number of likely N-dealkylation sites (tertiary alicyclic amines) is 2. The zero-order valence-corrected chi connectivity index (χ0v) is 16.9. The second-order valence-electron chi connectivity index (χ2n) is 8.04. The molecule has 2 aliphatic heterocycles. The molecule has 0 aromatic heterocycles. The first-order valence-corrected chi connectivity index (χ1v) is 9.81. The third-order valence-corrected chi connectivity index (χ3v) is 6.09. The van der Waals surface area contributed by atoms with Gasteiger partial charge in [-0.3, -0.25) is 4.79 Å². The summed E-state index contributed by atoms with van der Waals surface area (Å²) >= 11 is 0. The fourth-order valence-electron chi connectivity index (χ4n) is 4.33. The minimum absolute atomic E-state index is 0.0546. The molecule has 3 rings (SSSR count). The summed E-state index contributed by atoms with van der Waals surface area (Å²) in [5.41, 5.74) is 2.98. The minimum Gasteiger partial charge on any atom is -0.381 e. The number of carbonyl (C=O) groups excluding carboxylic acids is 2. The number of ether oxygens (including phenoxy) is 1. The van der Waals surface area contributed by atoms with Crippen LogP contribution in [-0.4, -0.2) is 61.1 Å². The maximum Gasteiger partial charge on any atom is 0.321 e. The van der Waals surface area contributed by atoms with Crippen molar-refractivity contribution in [3.05, 3.63) is 29.3 Å². The SMILES string of the molecule is CCOC[C@@]12CCN(C(C)=O)C[C@@H]1CN(C(=O)Nc1cc(C)ccc1C)C2. The lowest BCUT2D eigenvalue weighted by molar-refractivity contribution is -0.133. The molecular weight excluding hydrogens is 342 g/mol. The zero-order chi connectivity index (χ0) is 19.6. The molecule has 2 aliphatic rings. The van der Waals surface area contributed by atoms with Crippen molar-refractivity contribution in [3.8, 4) is 0 Å².